The molecule has 0 heterocycles. The molecule has 2 nitrogen and oxygen atoms in total. The van der Waals surface area contributed by atoms with Gasteiger partial charge in [-0.15, -0.1) is 0 Å². The maximum atomic E-state index is 12.5. The van der Waals surface area contributed by atoms with Gasteiger partial charge in [0, 0.05) is 12.6 Å². The number of hydrogen-bond donors (Lipinski definition) is 1. The van der Waals surface area contributed by atoms with Crippen LogP contribution in [0.15, 0.2) is 0 Å². The van der Waals surface area contributed by atoms with Crippen molar-refractivity contribution < 1.29 is 8.78 Å². The maximum absolute atomic E-state index is 12.5. The van der Waals surface area contributed by atoms with Crippen LogP contribution in [0.4, 0.5) is 8.78 Å². The second kappa shape index (κ2) is 7.69. The van der Waals surface area contributed by atoms with Crippen molar-refractivity contribution >= 4 is 0 Å². The maximum Gasteiger partial charge on any atom is 0.251 e. The number of rotatable bonds is 6. The molecule has 0 amide bonds. The van der Waals surface area contributed by atoms with E-state index in [0.717, 1.165) is 19.5 Å². The third-order valence-electron chi connectivity index (χ3n) is 4.67. The highest BCUT2D eigenvalue weighted by Gasteiger charge is 2.36. The first-order valence-electron chi connectivity index (χ1n) is 7.94. The molecule has 4 heteroatoms. The molecule has 0 aromatic carbocycles. The highest BCUT2D eigenvalue weighted by molar-refractivity contribution is 4.90. The number of alkyl halides is 2. The standard InChI is InChI=1S/C16H32F2N2/c1-6-19-14-8-7-13(16(2,3)4)9-12(14)10-20(5)11-15(17)18/h12-15,19H,6-11H2,1-5H3. The monoisotopic (exact) mass is 290 g/mol. The number of halogens is 2. The topological polar surface area (TPSA) is 15.3 Å². The molecule has 1 N–H and O–H groups in total. The van der Waals surface area contributed by atoms with Gasteiger partial charge in [-0.25, -0.2) is 8.78 Å². The van der Waals surface area contributed by atoms with Gasteiger partial charge in [0.2, 0.25) is 0 Å². The lowest BCUT2D eigenvalue weighted by atomic mass is 9.67. The molecule has 1 fully saturated rings. The van der Waals surface area contributed by atoms with Crippen LogP contribution in [0.2, 0.25) is 0 Å². The van der Waals surface area contributed by atoms with Crippen molar-refractivity contribution in [3.05, 3.63) is 0 Å². The highest BCUT2D eigenvalue weighted by atomic mass is 19.3. The van der Waals surface area contributed by atoms with E-state index in [4.69, 9.17) is 0 Å². The first-order chi connectivity index (χ1) is 9.24. The minimum atomic E-state index is -2.24. The van der Waals surface area contributed by atoms with Crippen molar-refractivity contribution in [1.82, 2.24) is 10.2 Å². The molecule has 0 aliphatic heterocycles. The summed E-state index contributed by atoms with van der Waals surface area (Å²) in [6, 6.07) is 0.485. The molecule has 0 saturated heterocycles. The van der Waals surface area contributed by atoms with Crippen LogP contribution in [0, 0.1) is 17.3 Å². The van der Waals surface area contributed by atoms with E-state index in [0.29, 0.717) is 23.3 Å². The highest BCUT2D eigenvalue weighted by Crippen LogP contribution is 2.40. The Morgan fingerprint density at radius 1 is 1.25 bits per heavy atom. The number of nitrogens with one attached hydrogen (secondary N) is 1. The summed E-state index contributed by atoms with van der Waals surface area (Å²) in [5.74, 6) is 1.18. The van der Waals surface area contributed by atoms with E-state index in [-0.39, 0.29) is 6.54 Å². The van der Waals surface area contributed by atoms with Crippen LogP contribution in [0.25, 0.3) is 0 Å². The summed E-state index contributed by atoms with van der Waals surface area (Å²) in [6.07, 6.45) is 1.33. The summed E-state index contributed by atoms with van der Waals surface area (Å²) in [5.41, 5.74) is 0.316. The Balaban J connectivity index is 2.63. The smallest absolute Gasteiger partial charge is 0.251 e. The lowest BCUT2D eigenvalue weighted by Crippen LogP contribution is -2.47. The van der Waals surface area contributed by atoms with Gasteiger partial charge in [-0.2, -0.15) is 0 Å². The van der Waals surface area contributed by atoms with Crippen LogP contribution in [0.1, 0.15) is 47.0 Å². The molecule has 3 atom stereocenters. The average Bonchev–Trinajstić information content (AvgIpc) is 2.29. The molecular formula is C16H32F2N2. The summed E-state index contributed by atoms with van der Waals surface area (Å²) in [7, 11) is 1.82. The summed E-state index contributed by atoms with van der Waals surface area (Å²) >= 11 is 0. The molecule has 1 rings (SSSR count). The lowest BCUT2D eigenvalue weighted by Gasteiger charge is -2.43. The zero-order valence-corrected chi connectivity index (χ0v) is 13.8. The number of hydrogen-bond acceptors (Lipinski definition) is 2. The third kappa shape index (κ3) is 5.65. The minimum absolute atomic E-state index is 0.116. The molecule has 120 valence electrons. The van der Waals surface area contributed by atoms with E-state index in [1.807, 2.05) is 7.05 Å². The third-order valence-corrected chi connectivity index (χ3v) is 4.67. The molecule has 0 aromatic heterocycles. The summed E-state index contributed by atoms with van der Waals surface area (Å²) in [4.78, 5) is 1.80. The molecule has 0 spiro atoms. The summed E-state index contributed by atoms with van der Waals surface area (Å²) < 4.78 is 25.0. The number of nitrogens with zero attached hydrogens (tertiary/aromatic N) is 1. The zero-order chi connectivity index (χ0) is 15.3. The molecule has 1 aliphatic carbocycles. The second-order valence-corrected chi connectivity index (χ2v) is 7.41. The van der Waals surface area contributed by atoms with Gasteiger partial charge in [0.25, 0.3) is 6.43 Å². The van der Waals surface area contributed by atoms with E-state index in [2.05, 4.69) is 33.0 Å². The van der Waals surface area contributed by atoms with Crippen molar-refractivity contribution in [2.45, 2.75) is 59.4 Å². The average molecular weight is 290 g/mol. The molecule has 0 radical (unpaired) electrons. The fraction of sp³-hybridized carbons (Fsp3) is 1.00. The molecule has 1 saturated carbocycles. The Kier molecular flexibility index (Phi) is 6.86. The van der Waals surface area contributed by atoms with Crippen LogP contribution < -0.4 is 5.32 Å². The van der Waals surface area contributed by atoms with Gasteiger partial charge >= 0.3 is 0 Å². The van der Waals surface area contributed by atoms with Crippen molar-refractivity contribution in [2.75, 3.05) is 26.7 Å². The molecule has 0 bridgehead atoms. The Labute approximate surface area is 123 Å². The Bertz CT molecular complexity index is 276. The summed E-state index contributed by atoms with van der Waals surface area (Å²) in [5, 5.41) is 3.55. The van der Waals surface area contributed by atoms with Gasteiger partial charge in [-0.3, -0.25) is 0 Å². The van der Waals surface area contributed by atoms with Crippen LogP contribution in [0.5, 0.6) is 0 Å². The fourth-order valence-electron chi connectivity index (χ4n) is 3.49. The molecule has 20 heavy (non-hydrogen) atoms. The van der Waals surface area contributed by atoms with Crippen molar-refractivity contribution in [3.63, 3.8) is 0 Å². The minimum Gasteiger partial charge on any atom is -0.314 e. The normalized spacial score (nSPS) is 28.4. The van der Waals surface area contributed by atoms with E-state index >= 15 is 0 Å². The van der Waals surface area contributed by atoms with Gasteiger partial charge < -0.3 is 10.2 Å². The Hall–Kier alpha value is -0.220. The largest absolute Gasteiger partial charge is 0.314 e. The van der Waals surface area contributed by atoms with Crippen LogP contribution in [0.3, 0.4) is 0 Å². The van der Waals surface area contributed by atoms with Gasteiger partial charge in [0.15, 0.2) is 0 Å². The van der Waals surface area contributed by atoms with Gasteiger partial charge in [0.1, 0.15) is 0 Å². The van der Waals surface area contributed by atoms with E-state index < -0.39 is 6.43 Å². The predicted octanol–water partition coefficient (Wildman–Crippen LogP) is 3.62. The van der Waals surface area contributed by atoms with E-state index in [1.54, 1.807) is 4.90 Å². The molecule has 1 aliphatic rings. The van der Waals surface area contributed by atoms with Gasteiger partial charge in [-0.05, 0) is 50.1 Å². The Morgan fingerprint density at radius 3 is 2.40 bits per heavy atom. The first-order valence-corrected chi connectivity index (χ1v) is 7.94. The SMILES string of the molecule is CCNC1CCC(C(C)(C)C)CC1CN(C)CC(F)F. The van der Waals surface area contributed by atoms with Crippen molar-refractivity contribution in [2.24, 2.45) is 17.3 Å². The second-order valence-electron chi connectivity index (χ2n) is 7.41. The Morgan fingerprint density at radius 2 is 1.90 bits per heavy atom. The van der Waals surface area contributed by atoms with E-state index in [9.17, 15) is 8.78 Å². The van der Waals surface area contributed by atoms with Gasteiger partial charge in [0.05, 0.1) is 6.54 Å². The van der Waals surface area contributed by atoms with Crippen molar-refractivity contribution in [1.29, 1.82) is 0 Å². The van der Waals surface area contributed by atoms with E-state index in [1.165, 1.54) is 12.8 Å². The lowest BCUT2D eigenvalue weighted by molar-refractivity contribution is 0.0627. The van der Waals surface area contributed by atoms with Crippen molar-refractivity contribution in [3.8, 4) is 0 Å². The first kappa shape index (κ1) is 17.8. The molecular weight excluding hydrogens is 258 g/mol. The van der Waals surface area contributed by atoms with Crippen LogP contribution in [-0.2, 0) is 0 Å². The zero-order valence-electron chi connectivity index (χ0n) is 13.8. The fourth-order valence-corrected chi connectivity index (χ4v) is 3.49. The molecule has 3 unspecified atom stereocenters. The summed E-state index contributed by atoms with van der Waals surface area (Å²) in [6.45, 7) is 10.6. The van der Waals surface area contributed by atoms with Gasteiger partial charge in [-0.1, -0.05) is 27.7 Å². The van der Waals surface area contributed by atoms with Crippen LogP contribution in [-0.4, -0.2) is 44.0 Å². The molecule has 0 aromatic rings. The quantitative estimate of drug-likeness (QED) is 0.803. The van der Waals surface area contributed by atoms with Crippen LogP contribution >= 0.6 is 0 Å². The predicted molar refractivity (Wildman–Crippen MR) is 81.3 cm³/mol.